The van der Waals surface area contributed by atoms with E-state index in [1.165, 1.54) is 12.1 Å². The zero-order valence-electron chi connectivity index (χ0n) is 10.3. The van der Waals surface area contributed by atoms with Crippen LogP contribution in [0.5, 0.6) is 0 Å². The standard InChI is InChI=1S/C13H14ClN3O2/c14-13-8-12(17(18)19)4-3-10(13)9-16-7-1-2-11(16)5-6-15/h1-4,7-8H,5-6,9,15H2. The number of non-ortho nitro benzene ring substituents is 1. The smallest absolute Gasteiger partial charge is 0.270 e. The van der Waals surface area contributed by atoms with Gasteiger partial charge in [-0.05, 0) is 36.7 Å². The molecule has 0 bridgehead atoms. The molecule has 0 aliphatic heterocycles. The molecule has 19 heavy (non-hydrogen) atoms. The summed E-state index contributed by atoms with van der Waals surface area (Å²) in [7, 11) is 0. The number of nitrogens with two attached hydrogens (primary N) is 1. The lowest BCUT2D eigenvalue weighted by atomic mass is 10.2. The SMILES string of the molecule is NCCc1cccn1Cc1ccc([N+](=O)[O-])cc1Cl. The molecular weight excluding hydrogens is 266 g/mol. The first-order valence-corrected chi connectivity index (χ1v) is 6.26. The summed E-state index contributed by atoms with van der Waals surface area (Å²) in [6.07, 6.45) is 2.74. The maximum Gasteiger partial charge on any atom is 0.270 e. The van der Waals surface area contributed by atoms with Gasteiger partial charge in [-0.2, -0.15) is 0 Å². The second-order valence-corrected chi connectivity index (χ2v) is 4.61. The molecule has 1 aromatic carbocycles. The normalized spacial score (nSPS) is 10.6. The second-order valence-electron chi connectivity index (χ2n) is 4.20. The van der Waals surface area contributed by atoms with Crippen LogP contribution < -0.4 is 5.73 Å². The number of halogens is 1. The van der Waals surface area contributed by atoms with Crippen LogP contribution in [-0.2, 0) is 13.0 Å². The third kappa shape index (κ3) is 3.13. The predicted molar refractivity (Wildman–Crippen MR) is 74.4 cm³/mol. The van der Waals surface area contributed by atoms with Gasteiger partial charge < -0.3 is 10.3 Å². The number of benzene rings is 1. The summed E-state index contributed by atoms with van der Waals surface area (Å²) in [5.41, 5.74) is 7.52. The van der Waals surface area contributed by atoms with Crippen molar-refractivity contribution in [1.82, 2.24) is 4.57 Å². The van der Waals surface area contributed by atoms with Crippen molar-refractivity contribution in [3.8, 4) is 0 Å². The highest BCUT2D eigenvalue weighted by Gasteiger charge is 2.10. The topological polar surface area (TPSA) is 74.1 Å². The van der Waals surface area contributed by atoms with E-state index in [-0.39, 0.29) is 5.69 Å². The molecule has 1 heterocycles. The van der Waals surface area contributed by atoms with E-state index >= 15 is 0 Å². The minimum atomic E-state index is -0.453. The van der Waals surface area contributed by atoms with E-state index in [4.69, 9.17) is 17.3 Å². The van der Waals surface area contributed by atoms with Gasteiger partial charge in [0.15, 0.2) is 0 Å². The Kier molecular flexibility index (Phi) is 4.19. The highest BCUT2D eigenvalue weighted by Crippen LogP contribution is 2.23. The quantitative estimate of drug-likeness (QED) is 0.675. The Bertz CT molecular complexity index is 595. The van der Waals surface area contributed by atoms with E-state index in [1.807, 2.05) is 22.9 Å². The van der Waals surface area contributed by atoms with Crippen molar-refractivity contribution in [2.24, 2.45) is 5.73 Å². The fourth-order valence-electron chi connectivity index (χ4n) is 1.94. The van der Waals surface area contributed by atoms with Gasteiger partial charge >= 0.3 is 0 Å². The zero-order chi connectivity index (χ0) is 13.8. The maximum absolute atomic E-state index is 10.6. The lowest BCUT2D eigenvalue weighted by molar-refractivity contribution is -0.384. The van der Waals surface area contributed by atoms with Gasteiger partial charge in [0.05, 0.1) is 9.95 Å². The molecule has 0 fully saturated rings. The molecule has 0 unspecified atom stereocenters. The Labute approximate surface area is 115 Å². The van der Waals surface area contributed by atoms with Gasteiger partial charge in [-0.25, -0.2) is 0 Å². The molecule has 100 valence electrons. The van der Waals surface area contributed by atoms with Gasteiger partial charge in [0.1, 0.15) is 0 Å². The molecule has 0 saturated heterocycles. The van der Waals surface area contributed by atoms with Crippen LogP contribution in [0.15, 0.2) is 36.5 Å². The number of nitro benzene ring substituents is 1. The minimum absolute atomic E-state index is 0.00318. The molecule has 0 aliphatic carbocycles. The highest BCUT2D eigenvalue weighted by molar-refractivity contribution is 6.31. The van der Waals surface area contributed by atoms with Crippen LogP contribution in [0.25, 0.3) is 0 Å². The predicted octanol–water partition coefficient (Wildman–Crippen LogP) is 2.60. The van der Waals surface area contributed by atoms with E-state index in [0.29, 0.717) is 18.1 Å². The Morgan fingerprint density at radius 2 is 2.16 bits per heavy atom. The molecule has 0 aliphatic rings. The lowest BCUT2D eigenvalue weighted by Gasteiger charge is -2.10. The number of nitro groups is 1. The van der Waals surface area contributed by atoms with Crippen molar-refractivity contribution in [1.29, 1.82) is 0 Å². The number of hydrogen-bond acceptors (Lipinski definition) is 3. The molecule has 5 nitrogen and oxygen atoms in total. The monoisotopic (exact) mass is 279 g/mol. The molecule has 2 N–H and O–H groups in total. The summed E-state index contributed by atoms with van der Waals surface area (Å²) in [5.74, 6) is 0. The van der Waals surface area contributed by atoms with E-state index in [2.05, 4.69) is 0 Å². The summed E-state index contributed by atoms with van der Waals surface area (Å²) >= 11 is 6.08. The maximum atomic E-state index is 10.6. The Hall–Kier alpha value is -1.85. The molecule has 0 amide bonds. The van der Waals surface area contributed by atoms with Crippen LogP contribution in [0.1, 0.15) is 11.3 Å². The summed E-state index contributed by atoms with van der Waals surface area (Å²) in [6, 6.07) is 8.49. The van der Waals surface area contributed by atoms with Gasteiger partial charge in [0, 0.05) is 30.6 Å². The fraction of sp³-hybridized carbons (Fsp3) is 0.231. The number of hydrogen-bond donors (Lipinski definition) is 1. The first-order valence-electron chi connectivity index (χ1n) is 5.88. The molecule has 2 aromatic rings. The van der Waals surface area contributed by atoms with Crippen molar-refractivity contribution in [2.45, 2.75) is 13.0 Å². The molecule has 0 radical (unpaired) electrons. The van der Waals surface area contributed by atoms with Crippen LogP contribution in [0.4, 0.5) is 5.69 Å². The first-order chi connectivity index (χ1) is 9.11. The van der Waals surface area contributed by atoms with Crippen LogP contribution in [0, 0.1) is 10.1 Å². The Balaban J connectivity index is 2.23. The third-order valence-electron chi connectivity index (χ3n) is 2.91. The third-order valence-corrected chi connectivity index (χ3v) is 3.26. The fourth-order valence-corrected chi connectivity index (χ4v) is 2.17. The van der Waals surface area contributed by atoms with E-state index < -0.39 is 4.92 Å². The van der Waals surface area contributed by atoms with Gasteiger partial charge in [-0.1, -0.05) is 11.6 Å². The second kappa shape index (κ2) is 5.86. The van der Waals surface area contributed by atoms with Gasteiger partial charge in [-0.15, -0.1) is 0 Å². The van der Waals surface area contributed by atoms with Gasteiger partial charge in [0.25, 0.3) is 5.69 Å². The molecule has 1 aromatic heterocycles. The van der Waals surface area contributed by atoms with E-state index in [9.17, 15) is 10.1 Å². The van der Waals surface area contributed by atoms with Crippen molar-refractivity contribution < 1.29 is 4.92 Å². The Morgan fingerprint density at radius 1 is 1.37 bits per heavy atom. The average molecular weight is 280 g/mol. The molecular formula is C13H14ClN3O2. The number of aromatic nitrogens is 1. The Morgan fingerprint density at radius 3 is 2.79 bits per heavy atom. The largest absolute Gasteiger partial charge is 0.347 e. The summed E-state index contributed by atoms with van der Waals surface area (Å²) < 4.78 is 2.04. The number of nitrogens with zero attached hydrogens (tertiary/aromatic N) is 2. The molecule has 0 atom stereocenters. The lowest BCUT2D eigenvalue weighted by Crippen LogP contribution is -2.09. The molecule has 6 heteroatoms. The van der Waals surface area contributed by atoms with E-state index in [0.717, 1.165) is 17.7 Å². The van der Waals surface area contributed by atoms with Crippen LogP contribution >= 0.6 is 11.6 Å². The highest BCUT2D eigenvalue weighted by atomic mass is 35.5. The molecule has 0 spiro atoms. The summed E-state index contributed by atoms with van der Waals surface area (Å²) in [6.45, 7) is 1.16. The van der Waals surface area contributed by atoms with E-state index in [1.54, 1.807) is 6.07 Å². The van der Waals surface area contributed by atoms with Gasteiger partial charge in [-0.3, -0.25) is 10.1 Å². The summed E-state index contributed by atoms with van der Waals surface area (Å²) in [4.78, 5) is 10.2. The van der Waals surface area contributed by atoms with Crippen molar-refractivity contribution >= 4 is 17.3 Å². The van der Waals surface area contributed by atoms with Crippen molar-refractivity contribution in [2.75, 3.05) is 6.54 Å². The number of rotatable bonds is 5. The zero-order valence-corrected chi connectivity index (χ0v) is 11.0. The molecule has 0 saturated carbocycles. The van der Waals surface area contributed by atoms with Crippen LogP contribution in [0.2, 0.25) is 5.02 Å². The van der Waals surface area contributed by atoms with Crippen molar-refractivity contribution in [3.63, 3.8) is 0 Å². The average Bonchev–Trinajstić information content (AvgIpc) is 2.79. The van der Waals surface area contributed by atoms with Crippen LogP contribution in [-0.4, -0.2) is 16.0 Å². The summed E-state index contributed by atoms with van der Waals surface area (Å²) in [5, 5.41) is 11.1. The molecule has 2 rings (SSSR count). The minimum Gasteiger partial charge on any atom is -0.347 e. The first kappa shape index (κ1) is 13.6. The van der Waals surface area contributed by atoms with Crippen molar-refractivity contribution in [3.05, 3.63) is 62.9 Å². The van der Waals surface area contributed by atoms with Gasteiger partial charge in [0.2, 0.25) is 0 Å². The van der Waals surface area contributed by atoms with Crippen LogP contribution in [0.3, 0.4) is 0 Å².